The van der Waals surface area contributed by atoms with Crippen LogP contribution in [0.2, 0.25) is 5.02 Å². The molecule has 114 valence electrons. The molecule has 2 nitrogen and oxygen atoms in total. The third kappa shape index (κ3) is 3.87. The molecule has 21 heavy (non-hydrogen) atoms. The molecule has 2 atom stereocenters. The van der Waals surface area contributed by atoms with E-state index in [1.165, 1.54) is 45.2 Å². The Morgan fingerprint density at radius 1 is 1.10 bits per heavy atom. The third-order valence-corrected chi connectivity index (χ3v) is 5.45. The van der Waals surface area contributed by atoms with Crippen LogP contribution in [0.5, 0.6) is 0 Å². The van der Waals surface area contributed by atoms with Gasteiger partial charge in [0.05, 0.1) is 0 Å². The van der Waals surface area contributed by atoms with Gasteiger partial charge in [0, 0.05) is 30.1 Å². The molecule has 3 heteroatoms. The minimum Gasteiger partial charge on any atom is -0.303 e. The average molecular weight is 306 g/mol. The molecule has 0 radical (unpaired) electrons. The largest absolute Gasteiger partial charge is 0.303 e. The molecule has 1 heterocycles. The van der Waals surface area contributed by atoms with Gasteiger partial charge in [0.1, 0.15) is 0 Å². The van der Waals surface area contributed by atoms with Crippen molar-refractivity contribution in [3.8, 4) is 0 Å². The number of likely N-dealkylation sites (tertiary alicyclic amines) is 1. The number of carbonyl (C=O) groups excluding carboxylic acids is 1. The van der Waals surface area contributed by atoms with Crippen molar-refractivity contribution in [2.75, 3.05) is 19.6 Å². The molecule has 0 amide bonds. The molecule has 2 aliphatic rings. The Hall–Kier alpha value is -0.860. The van der Waals surface area contributed by atoms with Gasteiger partial charge in [0.15, 0.2) is 5.78 Å². The molecule has 1 aromatic rings. The molecule has 0 spiro atoms. The molecule has 1 aliphatic carbocycles. The maximum absolute atomic E-state index is 12.2. The molecule has 3 rings (SSSR count). The molecule has 2 fully saturated rings. The van der Waals surface area contributed by atoms with Crippen molar-refractivity contribution in [2.24, 2.45) is 11.8 Å². The Morgan fingerprint density at radius 2 is 1.81 bits per heavy atom. The van der Waals surface area contributed by atoms with Crippen molar-refractivity contribution in [1.29, 1.82) is 0 Å². The van der Waals surface area contributed by atoms with Gasteiger partial charge in [-0.1, -0.05) is 30.9 Å². The number of fused-ring (bicyclic) bond motifs is 1. The molecule has 0 bridgehead atoms. The lowest BCUT2D eigenvalue weighted by Crippen LogP contribution is -2.42. The topological polar surface area (TPSA) is 20.3 Å². The van der Waals surface area contributed by atoms with E-state index in [2.05, 4.69) is 4.90 Å². The quantitative estimate of drug-likeness (QED) is 0.767. The Labute approximate surface area is 132 Å². The standard InChI is InChI=1S/C18H24ClNO/c19-17-7-5-15(6-8-17)18(21)10-12-20-11-9-14-3-1-2-4-16(14)13-20/h5-8,14,16H,1-4,9-13H2. The highest BCUT2D eigenvalue weighted by Crippen LogP contribution is 2.36. The van der Waals surface area contributed by atoms with E-state index in [1.54, 1.807) is 12.1 Å². The van der Waals surface area contributed by atoms with E-state index in [4.69, 9.17) is 11.6 Å². The summed E-state index contributed by atoms with van der Waals surface area (Å²) in [7, 11) is 0. The van der Waals surface area contributed by atoms with E-state index in [-0.39, 0.29) is 5.78 Å². The van der Waals surface area contributed by atoms with Gasteiger partial charge in [-0.3, -0.25) is 4.79 Å². The first kappa shape index (κ1) is 15.1. The number of halogens is 1. The van der Waals surface area contributed by atoms with E-state index >= 15 is 0 Å². The molecule has 1 saturated heterocycles. The Balaban J connectivity index is 1.48. The fraction of sp³-hybridized carbons (Fsp3) is 0.611. The fourth-order valence-corrected chi connectivity index (χ4v) is 4.05. The maximum Gasteiger partial charge on any atom is 0.164 e. The lowest BCUT2D eigenvalue weighted by atomic mass is 9.75. The van der Waals surface area contributed by atoms with Gasteiger partial charge in [-0.25, -0.2) is 0 Å². The predicted molar refractivity (Wildman–Crippen MR) is 86.9 cm³/mol. The van der Waals surface area contributed by atoms with Gasteiger partial charge >= 0.3 is 0 Å². The van der Waals surface area contributed by atoms with Crippen molar-refractivity contribution in [2.45, 2.75) is 38.5 Å². The lowest BCUT2D eigenvalue weighted by molar-refractivity contribution is 0.0787. The second kappa shape index (κ2) is 6.93. The highest BCUT2D eigenvalue weighted by molar-refractivity contribution is 6.30. The summed E-state index contributed by atoms with van der Waals surface area (Å²) in [5, 5.41) is 0.686. The van der Waals surface area contributed by atoms with Crippen molar-refractivity contribution in [3.63, 3.8) is 0 Å². The van der Waals surface area contributed by atoms with Gasteiger partial charge in [0.2, 0.25) is 0 Å². The van der Waals surface area contributed by atoms with Crippen LogP contribution in [0.3, 0.4) is 0 Å². The number of hydrogen-bond acceptors (Lipinski definition) is 2. The summed E-state index contributed by atoms with van der Waals surface area (Å²) in [6.07, 6.45) is 7.61. The van der Waals surface area contributed by atoms with Crippen LogP contribution in [-0.2, 0) is 0 Å². The normalized spacial score (nSPS) is 26.3. The summed E-state index contributed by atoms with van der Waals surface area (Å²) in [4.78, 5) is 14.7. The molecule has 1 aliphatic heterocycles. The molecule has 0 N–H and O–H groups in total. The van der Waals surface area contributed by atoms with Crippen LogP contribution in [-0.4, -0.2) is 30.3 Å². The van der Waals surface area contributed by atoms with E-state index < -0.39 is 0 Å². The number of piperidine rings is 1. The summed E-state index contributed by atoms with van der Waals surface area (Å²) in [5.41, 5.74) is 0.784. The summed E-state index contributed by atoms with van der Waals surface area (Å²) in [6.45, 7) is 3.29. The minimum absolute atomic E-state index is 0.234. The first-order valence-electron chi connectivity index (χ1n) is 8.23. The van der Waals surface area contributed by atoms with E-state index in [9.17, 15) is 4.79 Å². The van der Waals surface area contributed by atoms with Gasteiger partial charge in [0.25, 0.3) is 0 Å². The van der Waals surface area contributed by atoms with Crippen molar-refractivity contribution in [3.05, 3.63) is 34.9 Å². The van der Waals surface area contributed by atoms with Gasteiger partial charge in [-0.05, 0) is 55.5 Å². The second-order valence-electron chi connectivity index (χ2n) is 6.57. The van der Waals surface area contributed by atoms with E-state index in [0.717, 1.165) is 23.9 Å². The van der Waals surface area contributed by atoms with Crippen molar-refractivity contribution in [1.82, 2.24) is 4.90 Å². The maximum atomic E-state index is 12.2. The number of carbonyl (C=O) groups is 1. The average Bonchev–Trinajstić information content (AvgIpc) is 2.53. The molecule has 1 aromatic carbocycles. The smallest absolute Gasteiger partial charge is 0.164 e. The van der Waals surface area contributed by atoms with Gasteiger partial charge < -0.3 is 4.90 Å². The van der Waals surface area contributed by atoms with Crippen LogP contribution in [0.1, 0.15) is 48.9 Å². The number of ketones is 1. The summed E-state index contributed by atoms with van der Waals surface area (Å²) >= 11 is 5.86. The summed E-state index contributed by atoms with van der Waals surface area (Å²) in [6, 6.07) is 7.25. The van der Waals surface area contributed by atoms with Crippen LogP contribution < -0.4 is 0 Å². The monoisotopic (exact) mass is 305 g/mol. The number of Topliss-reactive ketones (excluding diaryl/α,β-unsaturated/α-hetero) is 1. The lowest BCUT2D eigenvalue weighted by Gasteiger charge is -2.41. The van der Waals surface area contributed by atoms with E-state index in [0.29, 0.717) is 11.4 Å². The van der Waals surface area contributed by atoms with Crippen LogP contribution in [0.15, 0.2) is 24.3 Å². The highest BCUT2D eigenvalue weighted by Gasteiger charge is 2.30. The summed E-state index contributed by atoms with van der Waals surface area (Å²) < 4.78 is 0. The number of rotatable bonds is 4. The van der Waals surface area contributed by atoms with Crippen LogP contribution in [0.4, 0.5) is 0 Å². The van der Waals surface area contributed by atoms with Crippen LogP contribution >= 0.6 is 11.6 Å². The number of nitrogens with zero attached hydrogens (tertiary/aromatic N) is 1. The first-order chi connectivity index (χ1) is 10.2. The zero-order chi connectivity index (χ0) is 14.7. The molecular formula is C18H24ClNO. The van der Waals surface area contributed by atoms with Crippen LogP contribution in [0, 0.1) is 11.8 Å². The third-order valence-electron chi connectivity index (χ3n) is 5.20. The van der Waals surface area contributed by atoms with Gasteiger partial charge in [-0.2, -0.15) is 0 Å². The fourth-order valence-electron chi connectivity index (χ4n) is 3.92. The Kier molecular flexibility index (Phi) is 4.97. The Morgan fingerprint density at radius 3 is 2.57 bits per heavy atom. The number of hydrogen-bond donors (Lipinski definition) is 0. The molecule has 1 saturated carbocycles. The van der Waals surface area contributed by atoms with Crippen molar-refractivity contribution >= 4 is 17.4 Å². The molecule has 0 aromatic heterocycles. The van der Waals surface area contributed by atoms with E-state index in [1.807, 2.05) is 12.1 Å². The highest BCUT2D eigenvalue weighted by atomic mass is 35.5. The predicted octanol–water partition coefficient (Wildman–Crippen LogP) is 4.42. The van der Waals surface area contributed by atoms with Crippen LogP contribution in [0.25, 0.3) is 0 Å². The second-order valence-corrected chi connectivity index (χ2v) is 7.01. The molecular weight excluding hydrogens is 282 g/mol. The summed E-state index contributed by atoms with van der Waals surface area (Å²) in [5.74, 6) is 2.08. The molecule has 2 unspecified atom stereocenters. The zero-order valence-electron chi connectivity index (χ0n) is 12.6. The minimum atomic E-state index is 0.234. The van der Waals surface area contributed by atoms with Gasteiger partial charge in [-0.15, -0.1) is 0 Å². The first-order valence-corrected chi connectivity index (χ1v) is 8.61. The number of benzene rings is 1. The van der Waals surface area contributed by atoms with Crippen molar-refractivity contribution < 1.29 is 4.79 Å². The zero-order valence-corrected chi connectivity index (χ0v) is 13.3. The SMILES string of the molecule is O=C(CCN1CCC2CCCCC2C1)c1ccc(Cl)cc1. The Bertz CT molecular complexity index is 484.